The molecule has 6 heteroatoms. The van der Waals surface area contributed by atoms with Crippen molar-refractivity contribution in [1.29, 1.82) is 0 Å². The minimum absolute atomic E-state index is 0.143. The lowest BCUT2D eigenvalue weighted by Crippen LogP contribution is -2.40. The molecule has 0 spiro atoms. The summed E-state index contributed by atoms with van der Waals surface area (Å²) < 4.78 is 0. The van der Waals surface area contributed by atoms with Gasteiger partial charge in [0.25, 0.3) is 5.91 Å². The topological polar surface area (TPSA) is 75.4 Å². The van der Waals surface area contributed by atoms with Crippen LogP contribution in [0.4, 0.5) is 4.79 Å². The SMILES string of the molecule is CC(N)CCSCCN1C(=O)NC(C)(C)C1=O. The van der Waals surface area contributed by atoms with Crippen molar-refractivity contribution in [3.8, 4) is 0 Å². The molecular formula is C11H21N3O2S. The minimum Gasteiger partial charge on any atom is -0.328 e. The Morgan fingerprint density at radius 3 is 2.53 bits per heavy atom. The van der Waals surface area contributed by atoms with E-state index in [2.05, 4.69) is 5.32 Å². The van der Waals surface area contributed by atoms with Gasteiger partial charge in [0.05, 0.1) is 0 Å². The van der Waals surface area contributed by atoms with Crippen molar-refractivity contribution in [1.82, 2.24) is 10.2 Å². The molecule has 0 bridgehead atoms. The molecule has 17 heavy (non-hydrogen) atoms. The van der Waals surface area contributed by atoms with Gasteiger partial charge in [-0.2, -0.15) is 11.8 Å². The third-order valence-corrected chi connectivity index (χ3v) is 3.62. The highest BCUT2D eigenvalue weighted by molar-refractivity contribution is 7.99. The normalized spacial score (nSPS) is 20.6. The van der Waals surface area contributed by atoms with E-state index in [1.165, 1.54) is 4.90 Å². The monoisotopic (exact) mass is 259 g/mol. The van der Waals surface area contributed by atoms with Crippen LogP contribution in [0.25, 0.3) is 0 Å². The van der Waals surface area contributed by atoms with E-state index < -0.39 is 5.54 Å². The number of carbonyl (C=O) groups is 2. The fourth-order valence-corrected chi connectivity index (χ4v) is 2.60. The van der Waals surface area contributed by atoms with Crippen molar-refractivity contribution in [2.24, 2.45) is 5.73 Å². The molecular weight excluding hydrogens is 238 g/mol. The quantitative estimate of drug-likeness (QED) is 0.546. The predicted molar refractivity (Wildman–Crippen MR) is 69.9 cm³/mol. The summed E-state index contributed by atoms with van der Waals surface area (Å²) >= 11 is 1.72. The fourth-order valence-electron chi connectivity index (χ4n) is 1.55. The summed E-state index contributed by atoms with van der Waals surface area (Å²) in [5, 5.41) is 2.66. The second kappa shape index (κ2) is 5.73. The van der Waals surface area contributed by atoms with Gasteiger partial charge in [0.15, 0.2) is 0 Å². The van der Waals surface area contributed by atoms with E-state index in [0.29, 0.717) is 6.54 Å². The lowest BCUT2D eigenvalue weighted by molar-refractivity contribution is -0.130. The average Bonchev–Trinajstić information content (AvgIpc) is 2.38. The molecule has 1 aliphatic heterocycles. The molecule has 3 amide bonds. The van der Waals surface area contributed by atoms with Gasteiger partial charge in [-0.1, -0.05) is 0 Å². The zero-order valence-electron chi connectivity index (χ0n) is 10.7. The Morgan fingerprint density at radius 2 is 2.06 bits per heavy atom. The number of rotatable bonds is 6. The highest BCUT2D eigenvalue weighted by atomic mass is 32.2. The third kappa shape index (κ3) is 3.89. The van der Waals surface area contributed by atoms with Gasteiger partial charge in [-0.15, -0.1) is 0 Å². The molecule has 0 aromatic rings. The van der Waals surface area contributed by atoms with Crippen LogP contribution in [0.15, 0.2) is 0 Å². The zero-order chi connectivity index (χ0) is 13.1. The van der Waals surface area contributed by atoms with Gasteiger partial charge >= 0.3 is 6.03 Å². The number of imide groups is 1. The van der Waals surface area contributed by atoms with Crippen LogP contribution in [0.3, 0.4) is 0 Å². The summed E-state index contributed by atoms with van der Waals surface area (Å²) in [5.74, 6) is 1.59. The zero-order valence-corrected chi connectivity index (χ0v) is 11.5. The molecule has 3 N–H and O–H groups in total. The molecule has 1 rings (SSSR count). The van der Waals surface area contributed by atoms with Crippen LogP contribution in [-0.4, -0.2) is 46.5 Å². The van der Waals surface area contributed by atoms with Crippen LogP contribution in [0.2, 0.25) is 0 Å². The molecule has 0 radical (unpaired) electrons. The number of amides is 3. The molecule has 1 heterocycles. The van der Waals surface area contributed by atoms with Gasteiger partial charge in [-0.3, -0.25) is 9.69 Å². The predicted octanol–water partition coefficient (Wildman–Crippen LogP) is 0.787. The largest absolute Gasteiger partial charge is 0.328 e. The van der Waals surface area contributed by atoms with Gasteiger partial charge in [-0.05, 0) is 32.9 Å². The number of hydrogen-bond acceptors (Lipinski definition) is 4. The van der Waals surface area contributed by atoms with Gasteiger partial charge in [0.2, 0.25) is 0 Å². The molecule has 98 valence electrons. The van der Waals surface area contributed by atoms with Crippen LogP contribution < -0.4 is 11.1 Å². The molecule has 1 atom stereocenters. The van der Waals surface area contributed by atoms with Gasteiger partial charge in [0, 0.05) is 18.3 Å². The fraction of sp³-hybridized carbons (Fsp3) is 0.818. The van der Waals surface area contributed by atoms with Crippen LogP contribution in [-0.2, 0) is 4.79 Å². The first-order chi connectivity index (χ1) is 7.84. The smallest absolute Gasteiger partial charge is 0.325 e. The van der Waals surface area contributed by atoms with E-state index in [1.807, 2.05) is 6.92 Å². The first-order valence-electron chi connectivity index (χ1n) is 5.82. The number of nitrogens with one attached hydrogen (secondary N) is 1. The number of nitrogens with two attached hydrogens (primary N) is 1. The molecule has 0 aliphatic carbocycles. The van der Waals surface area contributed by atoms with Crippen molar-refractivity contribution in [3.05, 3.63) is 0 Å². The van der Waals surface area contributed by atoms with Crippen LogP contribution in [0.1, 0.15) is 27.2 Å². The summed E-state index contributed by atoms with van der Waals surface area (Å²) in [6, 6.07) is -0.0778. The molecule has 1 saturated heterocycles. The Balaban J connectivity index is 2.28. The van der Waals surface area contributed by atoms with Gasteiger partial charge < -0.3 is 11.1 Å². The summed E-state index contributed by atoms with van der Waals surface area (Å²) in [6.07, 6.45) is 0.955. The summed E-state index contributed by atoms with van der Waals surface area (Å²) in [4.78, 5) is 24.7. The average molecular weight is 259 g/mol. The maximum absolute atomic E-state index is 11.8. The van der Waals surface area contributed by atoms with Crippen LogP contribution >= 0.6 is 11.8 Å². The number of thioether (sulfide) groups is 1. The highest BCUT2D eigenvalue weighted by Crippen LogP contribution is 2.17. The van der Waals surface area contributed by atoms with E-state index in [4.69, 9.17) is 5.73 Å². The van der Waals surface area contributed by atoms with Crippen molar-refractivity contribution < 1.29 is 9.59 Å². The van der Waals surface area contributed by atoms with Gasteiger partial charge in [-0.25, -0.2) is 4.79 Å². The Bertz CT molecular complexity index is 305. The summed E-state index contributed by atoms with van der Waals surface area (Å²) in [7, 11) is 0. The number of nitrogens with zero attached hydrogens (tertiary/aromatic N) is 1. The van der Waals surface area contributed by atoms with Crippen molar-refractivity contribution in [2.75, 3.05) is 18.1 Å². The second-order valence-corrected chi connectivity index (χ2v) is 6.12. The number of carbonyl (C=O) groups excluding carboxylic acids is 2. The van der Waals surface area contributed by atoms with Crippen LogP contribution in [0, 0.1) is 0 Å². The molecule has 1 unspecified atom stereocenters. The van der Waals surface area contributed by atoms with E-state index >= 15 is 0 Å². The van der Waals surface area contributed by atoms with E-state index in [0.717, 1.165) is 17.9 Å². The molecule has 1 fully saturated rings. The Morgan fingerprint density at radius 1 is 1.41 bits per heavy atom. The highest BCUT2D eigenvalue weighted by Gasteiger charge is 2.43. The van der Waals surface area contributed by atoms with E-state index in [1.54, 1.807) is 25.6 Å². The lowest BCUT2D eigenvalue weighted by atomic mass is 10.1. The lowest BCUT2D eigenvalue weighted by Gasteiger charge is -2.15. The maximum atomic E-state index is 11.8. The first kappa shape index (κ1) is 14.3. The van der Waals surface area contributed by atoms with Crippen molar-refractivity contribution in [3.63, 3.8) is 0 Å². The molecule has 0 saturated carbocycles. The third-order valence-electron chi connectivity index (χ3n) is 2.62. The van der Waals surface area contributed by atoms with E-state index in [-0.39, 0.29) is 18.0 Å². The minimum atomic E-state index is -0.756. The summed E-state index contributed by atoms with van der Waals surface area (Å²) in [6.45, 7) is 5.88. The maximum Gasteiger partial charge on any atom is 0.325 e. The Hall–Kier alpha value is -0.750. The number of hydrogen-bond donors (Lipinski definition) is 2. The Kier molecular flexibility index (Phi) is 4.82. The second-order valence-electron chi connectivity index (χ2n) is 4.89. The van der Waals surface area contributed by atoms with E-state index in [9.17, 15) is 9.59 Å². The molecule has 5 nitrogen and oxygen atoms in total. The summed E-state index contributed by atoms with van der Waals surface area (Å²) in [5.41, 5.74) is 4.88. The van der Waals surface area contributed by atoms with Crippen molar-refractivity contribution >= 4 is 23.7 Å². The molecule has 1 aliphatic rings. The van der Waals surface area contributed by atoms with Crippen LogP contribution in [0.5, 0.6) is 0 Å². The molecule has 0 aromatic carbocycles. The number of urea groups is 1. The molecule has 0 aromatic heterocycles. The standard InChI is InChI=1S/C11H21N3O2S/c1-8(12)4-6-17-7-5-14-9(15)11(2,3)13-10(14)16/h8H,4-7,12H2,1-3H3,(H,13,16). The van der Waals surface area contributed by atoms with Crippen molar-refractivity contribution in [2.45, 2.75) is 38.8 Å². The van der Waals surface area contributed by atoms with Gasteiger partial charge in [0.1, 0.15) is 5.54 Å². The Labute approximate surface area is 106 Å². The first-order valence-corrected chi connectivity index (χ1v) is 6.97.